The summed E-state index contributed by atoms with van der Waals surface area (Å²) in [5.41, 5.74) is 2.91. The fourth-order valence-corrected chi connectivity index (χ4v) is 3.66. The van der Waals surface area contributed by atoms with Gasteiger partial charge in [0.2, 0.25) is 5.75 Å². The lowest BCUT2D eigenvalue weighted by Crippen LogP contribution is -2.06. The number of methoxy groups -OCH3 is 3. The number of nitrogens with zero attached hydrogens (tertiary/aromatic N) is 2. The van der Waals surface area contributed by atoms with Crippen molar-refractivity contribution in [1.29, 1.82) is 0 Å². The molecule has 0 saturated carbocycles. The molecule has 4 aromatic rings. The Morgan fingerprint density at radius 3 is 2.16 bits per heavy atom. The minimum absolute atomic E-state index is 0.563. The van der Waals surface area contributed by atoms with E-state index in [0.717, 1.165) is 41.1 Å². The van der Waals surface area contributed by atoms with Crippen LogP contribution in [0.5, 0.6) is 23.0 Å². The van der Waals surface area contributed by atoms with Crippen LogP contribution >= 0.6 is 0 Å². The number of hydrogen-bond acceptors (Lipinski definition) is 5. The summed E-state index contributed by atoms with van der Waals surface area (Å²) in [4.78, 5) is 4.90. The molecule has 0 unspecified atom stereocenters. The van der Waals surface area contributed by atoms with Crippen molar-refractivity contribution in [3.05, 3.63) is 66.7 Å². The van der Waals surface area contributed by atoms with E-state index in [-0.39, 0.29) is 0 Å². The zero-order valence-electron chi connectivity index (χ0n) is 18.0. The van der Waals surface area contributed by atoms with Crippen molar-refractivity contribution in [1.82, 2.24) is 9.55 Å². The molecule has 0 N–H and O–H groups in total. The molecule has 0 atom stereocenters. The van der Waals surface area contributed by atoms with Gasteiger partial charge in [0.25, 0.3) is 0 Å². The van der Waals surface area contributed by atoms with E-state index >= 15 is 0 Å². The van der Waals surface area contributed by atoms with E-state index in [1.807, 2.05) is 60.7 Å². The Balaban J connectivity index is 1.67. The van der Waals surface area contributed by atoms with Crippen molar-refractivity contribution >= 4 is 11.0 Å². The number of imidazole rings is 1. The molecular weight excluding hydrogens is 392 g/mol. The second-order valence-electron chi connectivity index (χ2n) is 7.00. The van der Waals surface area contributed by atoms with Gasteiger partial charge in [0, 0.05) is 12.1 Å². The number of hydrogen-bond donors (Lipinski definition) is 0. The molecule has 0 saturated heterocycles. The lowest BCUT2D eigenvalue weighted by Gasteiger charge is -2.15. The quantitative estimate of drug-likeness (QED) is 0.350. The molecule has 6 heteroatoms. The molecular formula is C25H26N2O4. The average molecular weight is 418 g/mol. The van der Waals surface area contributed by atoms with Crippen LogP contribution < -0.4 is 18.9 Å². The van der Waals surface area contributed by atoms with E-state index in [1.54, 1.807) is 21.3 Å². The third kappa shape index (κ3) is 4.28. The molecule has 0 aliphatic rings. The van der Waals surface area contributed by atoms with Gasteiger partial charge >= 0.3 is 0 Å². The molecule has 0 spiro atoms. The smallest absolute Gasteiger partial charge is 0.203 e. The summed E-state index contributed by atoms with van der Waals surface area (Å²) in [6.45, 7) is 1.38. The van der Waals surface area contributed by atoms with E-state index in [9.17, 15) is 0 Å². The van der Waals surface area contributed by atoms with E-state index in [1.165, 1.54) is 0 Å². The first kappa shape index (κ1) is 20.6. The third-order valence-electron chi connectivity index (χ3n) is 5.12. The number of ether oxygens (including phenoxy) is 4. The highest BCUT2D eigenvalue weighted by atomic mass is 16.5. The highest BCUT2D eigenvalue weighted by molar-refractivity contribution is 5.81. The van der Waals surface area contributed by atoms with Gasteiger partial charge in [0.15, 0.2) is 11.5 Å². The third-order valence-corrected chi connectivity index (χ3v) is 5.12. The maximum absolute atomic E-state index is 5.87. The average Bonchev–Trinajstić information content (AvgIpc) is 3.20. The summed E-state index contributed by atoms with van der Waals surface area (Å²) in [5.74, 6) is 3.49. The van der Waals surface area contributed by atoms with Crippen LogP contribution in [0.1, 0.15) is 6.42 Å². The Bertz CT molecular complexity index is 1130. The van der Waals surface area contributed by atoms with E-state index in [4.69, 9.17) is 23.9 Å². The number of para-hydroxylation sites is 3. The summed E-state index contributed by atoms with van der Waals surface area (Å²) in [6, 6.07) is 21.9. The fraction of sp³-hybridized carbons (Fsp3) is 0.240. The number of aryl methyl sites for hydroxylation is 1. The molecule has 0 aliphatic carbocycles. The maximum Gasteiger partial charge on any atom is 0.203 e. The predicted molar refractivity (Wildman–Crippen MR) is 121 cm³/mol. The summed E-state index contributed by atoms with van der Waals surface area (Å²) in [6.07, 6.45) is 0.840. The number of aromatic nitrogens is 2. The summed E-state index contributed by atoms with van der Waals surface area (Å²) < 4.78 is 24.6. The number of benzene rings is 3. The lowest BCUT2D eigenvalue weighted by atomic mass is 10.1. The van der Waals surface area contributed by atoms with Crippen LogP contribution in [0, 0.1) is 0 Å². The Labute approximate surface area is 182 Å². The number of rotatable bonds is 9. The summed E-state index contributed by atoms with van der Waals surface area (Å²) >= 11 is 0. The van der Waals surface area contributed by atoms with Crippen LogP contribution in [0.3, 0.4) is 0 Å². The zero-order chi connectivity index (χ0) is 21.6. The Kier molecular flexibility index (Phi) is 6.26. The van der Waals surface area contributed by atoms with Crippen molar-refractivity contribution in [3.63, 3.8) is 0 Å². The minimum Gasteiger partial charge on any atom is -0.494 e. The van der Waals surface area contributed by atoms with Gasteiger partial charge in [-0.05, 0) is 42.8 Å². The van der Waals surface area contributed by atoms with Gasteiger partial charge in [-0.25, -0.2) is 4.98 Å². The zero-order valence-corrected chi connectivity index (χ0v) is 18.0. The first-order chi connectivity index (χ1) is 15.2. The largest absolute Gasteiger partial charge is 0.494 e. The van der Waals surface area contributed by atoms with Gasteiger partial charge < -0.3 is 23.5 Å². The van der Waals surface area contributed by atoms with Crippen LogP contribution in [0.15, 0.2) is 66.7 Å². The van der Waals surface area contributed by atoms with Crippen LogP contribution in [0.4, 0.5) is 0 Å². The topological polar surface area (TPSA) is 54.7 Å². The molecule has 0 radical (unpaired) electrons. The van der Waals surface area contributed by atoms with Crippen molar-refractivity contribution < 1.29 is 18.9 Å². The lowest BCUT2D eigenvalue weighted by molar-refractivity contribution is 0.303. The maximum atomic E-state index is 5.87. The molecule has 160 valence electrons. The highest BCUT2D eigenvalue weighted by Gasteiger charge is 2.18. The van der Waals surface area contributed by atoms with Gasteiger partial charge in [0.1, 0.15) is 11.6 Å². The van der Waals surface area contributed by atoms with Crippen molar-refractivity contribution in [2.75, 3.05) is 27.9 Å². The van der Waals surface area contributed by atoms with Crippen LogP contribution in [-0.2, 0) is 6.54 Å². The molecule has 4 rings (SSSR count). The minimum atomic E-state index is 0.563. The van der Waals surface area contributed by atoms with Gasteiger partial charge in [-0.1, -0.05) is 30.3 Å². The Morgan fingerprint density at radius 2 is 1.48 bits per heavy atom. The molecule has 0 aliphatic heterocycles. The van der Waals surface area contributed by atoms with Gasteiger partial charge in [0.05, 0.1) is 39.0 Å². The van der Waals surface area contributed by atoms with Crippen LogP contribution in [-0.4, -0.2) is 37.5 Å². The molecule has 6 nitrogen and oxygen atoms in total. The molecule has 1 heterocycles. The van der Waals surface area contributed by atoms with Crippen molar-refractivity contribution in [2.24, 2.45) is 0 Å². The van der Waals surface area contributed by atoms with Crippen molar-refractivity contribution in [2.45, 2.75) is 13.0 Å². The van der Waals surface area contributed by atoms with E-state index in [2.05, 4.69) is 10.6 Å². The fourth-order valence-electron chi connectivity index (χ4n) is 3.66. The first-order valence-corrected chi connectivity index (χ1v) is 10.2. The van der Waals surface area contributed by atoms with Crippen molar-refractivity contribution in [3.8, 4) is 34.4 Å². The molecule has 1 aromatic heterocycles. The molecule has 0 fully saturated rings. The second kappa shape index (κ2) is 9.43. The normalized spacial score (nSPS) is 10.8. The van der Waals surface area contributed by atoms with Gasteiger partial charge in [-0.3, -0.25) is 0 Å². The second-order valence-corrected chi connectivity index (χ2v) is 7.00. The molecule has 0 bridgehead atoms. The number of fused-ring (bicyclic) bond motifs is 1. The van der Waals surface area contributed by atoms with E-state index < -0.39 is 0 Å². The van der Waals surface area contributed by atoms with Gasteiger partial charge in [-0.2, -0.15) is 0 Å². The Hall–Kier alpha value is -3.67. The highest BCUT2D eigenvalue weighted by Crippen LogP contribution is 2.41. The van der Waals surface area contributed by atoms with Crippen LogP contribution in [0.2, 0.25) is 0 Å². The molecule has 0 amide bonds. The van der Waals surface area contributed by atoms with Gasteiger partial charge in [-0.15, -0.1) is 0 Å². The standard InChI is InChI=1S/C25H26N2O4/c1-28-22-16-18(17-23(29-2)24(22)30-3)25-26-20-12-7-8-13-21(20)27(25)14-9-15-31-19-10-5-4-6-11-19/h4-8,10-13,16-17H,9,14-15H2,1-3H3. The van der Waals surface area contributed by atoms with E-state index in [0.29, 0.717) is 23.9 Å². The monoisotopic (exact) mass is 418 g/mol. The first-order valence-electron chi connectivity index (χ1n) is 10.2. The predicted octanol–water partition coefficient (Wildman–Crippen LogP) is 5.20. The SMILES string of the molecule is COc1cc(-c2nc3ccccc3n2CCCOc2ccccc2)cc(OC)c1OC. The summed E-state index contributed by atoms with van der Waals surface area (Å²) in [7, 11) is 4.83. The van der Waals surface area contributed by atoms with Crippen LogP contribution in [0.25, 0.3) is 22.4 Å². The Morgan fingerprint density at radius 1 is 0.806 bits per heavy atom. The molecule has 31 heavy (non-hydrogen) atoms. The molecule has 3 aromatic carbocycles. The summed E-state index contributed by atoms with van der Waals surface area (Å²) in [5, 5.41) is 0.